The highest BCUT2D eigenvalue weighted by Crippen LogP contribution is 2.38. The molecule has 2 aromatic heterocycles. The van der Waals surface area contributed by atoms with Crippen molar-refractivity contribution in [2.24, 2.45) is 0 Å². The average Bonchev–Trinajstić information content (AvgIpc) is 3.75. The summed E-state index contributed by atoms with van der Waals surface area (Å²) < 4.78 is 7.75. The van der Waals surface area contributed by atoms with Crippen LogP contribution in [0.2, 0.25) is 0 Å². The van der Waals surface area contributed by atoms with Gasteiger partial charge in [0.05, 0.1) is 23.3 Å². The van der Waals surface area contributed by atoms with Gasteiger partial charge in [0, 0.05) is 56.8 Å². The average molecular weight is 665 g/mol. The maximum absolute atomic E-state index is 13.2. The Kier molecular flexibility index (Phi) is 8.53. The predicted octanol–water partition coefficient (Wildman–Crippen LogP) is 3.88. The number of rotatable bonds is 9. The summed E-state index contributed by atoms with van der Waals surface area (Å²) in [7, 11) is 0. The minimum Gasteiger partial charge on any atom is -0.457 e. The van der Waals surface area contributed by atoms with Crippen molar-refractivity contribution in [2.45, 2.75) is 32.0 Å². The van der Waals surface area contributed by atoms with E-state index in [2.05, 4.69) is 26.6 Å². The number of nitrogens with zero attached hydrogens (tertiary/aromatic N) is 7. The van der Waals surface area contributed by atoms with E-state index in [0.29, 0.717) is 98.4 Å². The van der Waals surface area contributed by atoms with Crippen molar-refractivity contribution in [3.63, 3.8) is 0 Å². The Hall–Kier alpha value is -5.48. The van der Waals surface area contributed by atoms with Crippen molar-refractivity contribution in [3.05, 3.63) is 79.1 Å². The number of benzene rings is 3. The van der Waals surface area contributed by atoms with Crippen LogP contribution in [0, 0.1) is 6.07 Å². The highest BCUT2D eigenvalue weighted by Gasteiger charge is 2.34. The number of fused-ring (bicyclic) bond motifs is 2. The molecule has 5 aromatic rings. The number of aromatic nitrogens is 4. The zero-order chi connectivity index (χ0) is 33.2. The first-order chi connectivity index (χ1) is 24.1. The lowest BCUT2D eigenvalue weighted by molar-refractivity contribution is -0.376. The monoisotopic (exact) mass is 664 g/mol. The number of nitrogens with one attached hydrogen (secondary N) is 1. The van der Waals surface area contributed by atoms with Gasteiger partial charge in [-0.15, -0.1) is 0 Å². The van der Waals surface area contributed by atoms with Crippen molar-refractivity contribution >= 4 is 28.4 Å². The number of carbonyl (C=O) groups is 1. The highest BCUT2D eigenvalue weighted by atomic mass is 17.0. The number of para-hydroxylation sites is 1. The lowest BCUT2D eigenvalue weighted by Gasteiger charge is -2.36. The molecule has 1 radical (unpaired) electrons. The van der Waals surface area contributed by atoms with Gasteiger partial charge < -0.3 is 29.9 Å². The fraction of sp³-hybridized carbons (Fsp3) is 0.294. The van der Waals surface area contributed by atoms with E-state index >= 15 is 0 Å². The third-order valence-electron chi connectivity index (χ3n) is 8.57. The number of ether oxygens (including phenoxy) is 1. The van der Waals surface area contributed by atoms with Gasteiger partial charge in [-0.05, 0) is 55.0 Å². The molecule has 2 fully saturated rings. The molecular formula is C34H34N9O6. The second-order valence-corrected chi connectivity index (χ2v) is 11.7. The number of nitrogen functional groups attached to an aromatic ring is 1. The number of amides is 1. The number of carbonyl (C=O) groups excluding carboxylic acids is 1. The maximum Gasteiger partial charge on any atom is 0.222 e. The lowest BCUT2D eigenvalue weighted by Crippen LogP contribution is -2.48. The van der Waals surface area contributed by atoms with Crippen LogP contribution < -0.4 is 30.7 Å². The van der Waals surface area contributed by atoms with E-state index in [1.54, 1.807) is 0 Å². The first-order valence-corrected chi connectivity index (χ1v) is 16.2. The molecule has 15 heteroatoms. The van der Waals surface area contributed by atoms with E-state index < -0.39 is 6.23 Å². The first-order valence-electron chi connectivity index (χ1n) is 16.2. The first kappa shape index (κ1) is 30.8. The molecule has 1 atom stereocenters. The smallest absolute Gasteiger partial charge is 0.222 e. The topological polar surface area (TPSA) is 155 Å². The molecular weight excluding hydrogens is 630 g/mol. The summed E-state index contributed by atoms with van der Waals surface area (Å²) in [5.74, 6) is 2.98. The zero-order valence-electron chi connectivity index (χ0n) is 26.5. The Labute approximate surface area is 281 Å². The standard InChI is InChI=1S/C34H34N9O6/c35-33-31-32(23-8-11-26(12-9-23)46-25-5-2-1-3-6-25)38-42(34(31)37-22-36-33)15-4-7-29(44)41-18-16-40(17-19-41)24-10-13-27-28(21-24)49-43(48-27)30-14-20-45-39-47-30/h1-3,5-6,8-13,22,30,39H,4,7,14-20H2,(H2,35,36,37). The van der Waals surface area contributed by atoms with Crippen molar-refractivity contribution < 1.29 is 28.9 Å². The summed E-state index contributed by atoms with van der Waals surface area (Å²) in [6, 6.07) is 24.4. The number of aryl methyl sites for hydroxylation is 1. The number of hydrogen-bond donors (Lipinski definition) is 2. The molecule has 0 aliphatic carbocycles. The SMILES string of the molecule is Nc1ncnc2c1c(-c1ccc(Oc3ccccc3)cc1)nn2CCCC(=O)N1CCN(c2[c]c3c(cc2)ON(C2CCONO2)O3)CC1. The van der Waals surface area contributed by atoms with E-state index in [9.17, 15) is 4.79 Å². The van der Waals surface area contributed by atoms with Crippen molar-refractivity contribution in [1.29, 1.82) is 0 Å². The van der Waals surface area contributed by atoms with Gasteiger partial charge >= 0.3 is 0 Å². The van der Waals surface area contributed by atoms with Crippen LogP contribution in [0.25, 0.3) is 22.3 Å². The molecule has 0 bridgehead atoms. The maximum atomic E-state index is 13.2. The van der Waals surface area contributed by atoms with Crippen LogP contribution in [-0.2, 0) is 21.0 Å². The highest BCUT2D eigenvalue weighted by molar-refractivity contribution is 5.98. The van der Waals surface area contributed by atoms with Gasteiger partial charge in [-0.25, -0.2) is 14.6 Å². The fourth-order valence-corrected chi connectivity index (χ4v) is 6.02. The molecule has 251 valence electrons. The second kappa shape index (κ2) is 13.6. The molecule has 2 saturated heterocycles. The summed E-state index contributed by atoms with van der Waals surface area (Å²) in [6.07, 6.45) is 2.55. The van der Waals surface area contributed by atoms with E-state index in [-0.39, 0.29) is 5.91 Å². The molecule has 49 heavy (non-hydrogen) atoms. The Morgan fingerprint density at radius 3 is 2.59 bits per heavy atom. The van der Waals surface area contributed by atoms with Crippen molar-refractivity contribution in [3.8, 4) is 34.3 Å². The van der Waals surface area contributed by atoms with Crippen LogP contribution in [0.15, 0.2) is 73.1 Å². The van der Waals surface area contributed by atoms with E-state index in [1.807, 2.05) is 76.3 Å². The van der Waals surface area contributed by atoms with E-state index in [4.69, 9.17) is 34.9 Å². The van der Waals surface area contributed by atoms with Gasteiger partial charge in [0.25, 0.3) is 0 Å². The van der Waals surface area contributed by atoms with Gasteiger partial charge in [0.2, 0.25) is 17.9 Å². The Balaban J connectivity index is 0.862. The lowest BCUT2D eigenvalue weighted by atomic mass is 10.1. The normalized spacial score (nSPS) is 17.8. The number of hydroxylamine groups is 2. The Bertz CT molecular complexity index is 1930. The van der Waals surface area contributed by atoms with Crippen molar-refractivity contribution in [1.82, 2.24) is 35.5 Å². The minimum atomic E-state index is -0.452. The third-order valence-corrected chi connectivity index (χ3v) is 8.57. The number of hydrogen-bond acceptors (Lipinski definition) is 13. The van der Waals surface area contributed by atoms with Crippen LogP contribution in [-0.4, -0.2) is 74.8 Å². The third kappa shape index (κ3) is 6.51. The van der Waals surface area contributed by atoms with E-state index in [0.717, 1.165) is 17.0 Å². The van der Waals surface area contributed by atoms with Crippen LogP contribution in [0.1, 0.15) is 19.3 Å². The molecule has 3 aliphatic rings. The summed E-state index contributed by atoms with van der Waals surface area (Å²) in [5.41, 5.74) is 11.8. The summed E-state index contributed by atoms with van der Waals surface area (Å²) in [4.78, 5) is 47.9. The molecule has 0 spiro atoms. The molecule has 8 rings (SSSR count). The summed E-state index contributed by atoms with van der Waals surface area (Å²) in [6.45, 7) is 3.55. The van der Waals surface area contributed by atoms with Gasteiger partial charge in [-0.1, -0.05) is 23.8 Å². The number of piperazine rings is 1. The van der Waals surface area contributed by atoms with Gasteiger partial charge in [0.1, 0.15) is 29.3 Å². The zero-order valence-corrected chi connectivity index (χ0v) is 26.5. The van der Waals surface area contributed by atoms with Gasteiger partial charge in [0.15, 0.2) is 11.4 Å². The Morgan fingerprint density at radius 1 is 0.980 bits per heavy atom. The summed E-state index contributed by atoms with van der Waals surface area (Å²) in [5, 5.41) is 6.84. The fourth-order valence-electron chi connectivity index (χ4n) is 6.02. The van der Waals surface area contributed by atoms with Crippen LogP contribution in [0.3, 0.4) is 0 Å². The van der Waals surface area contributed by atoms with E-state index in [1.165, 1.54) is 11.6 Å². The van der Waals surface area contributed by atoms with Crippen LogP contribution >= 0.6 is 0 Å². The minimum absolute atomic E-state index is 0.106. The molecule has 3 aromatic carbocycles. The van der Waals surface area contributed by atoms with Gasteiger partial charge in [-0.3, -0.25) is 14.5 Å². The number of anilines is 2. The molecule has 3 aliphatic heterocycles. The molecule has 1 amide bonds. The second-order valence-electron chi connectivity index (χ2n) is 11.7. The number of nitrogens with two attached hydrogens (primary N) is 1. The quantitative estimate of drug-likeness (QED) is 0.234. The molecule has 1 unspecified atom stereocenters. The largest absolute Gasteiger partial charge is 0.457 e. The van der Waals surface area contributed by atoms with Crippen LogP contribution in [0.5, 0.6) is 23.0 Å². The molecule has 5 heterocycles. The predicted molar refractivity (Wildman–Crippen MR) is 177 cm³/mol. The molecule has 0 saturated carbocycles. The Morgan fingerprint density at radius 2 is 1.80 bits per heavy atom. The van der Waals surface area contributed by atoms with Gasteiger partial charge in [-0.2, -0.15) is 5.10 Å². The molecule has 3 N–H and O–H groups in total. The van der Waals surface area contributed by atoms with Crippen molar-refractivity contribution in [2.75, 3.05) is 43.4 Å². The summed E-state index contributed by atoms with van der Waals surface area (Å²) >= 11 is 0. The molecule has 15 nitrogen and oxygen atoms in total. The van der Waals surface area contributed by atoms with Crippen LogP contribution in [0.4, 0.5) is 11.5 Å².